The number of carbonyl (C=O) groups is 2. The van der Waals surface area contributed by atoms with Gasteiger partial charge in [-0.15, -0.1) is 11.3 Å². The van der Waals surface area contributed by atoms with E-state index >= 15 is 0 Å². The minimum Gasteiger partial charge on any atom is -0.354 e. The van der Waals surface area contributed by atoms with Crippen LogP contribution in [0.1, 0.15) is 36.1 Å². The molecule has 4 rings (SSSR count). The van der Waals surface area contributed by atoms with Gasteiger partial charge in [0.05, 0.1) is 5.75 Å². The lowest BCUT2D eigenvalue weighted by atomic mass is 10.1. The number of thiophene rings is 1. The Morgan fingerprint density at radius 3 is 3.16 bits per heavy atom. The zero-order valence-corrected chi connectivity index (χ0v) is 15.5. The molecule has 2 aliphatic rings. The molecule has 0 radical (unpaired) electrons. The summed E-state index contributed by atoms with van der Waals surface area (Å²) in [6.07, 6.45) is 7.58. The maximum Gasteiger partial charge on any atom is 0.242 e. The molecule has 2 N–H and O–H groups in total. The molecule has 2 aromatic rings. The Bertz CT molecular complexity index is 820. The number of aryl methyl sites for hydroxylation is 2. The molecule has 1 fully saturated rings. The van der Waals surface area contributed by atoms with E-state index in [1.54, 1.807) is 17.7 Å². The molecule has 3 heterocycles. The summed E-state index contributed by atoms with van der Waals surface area (Å²) in [4.78, 5) is 35.5. The zero-order chi connectivity index (χ0) is 17.2. The van der Waals surface area contributed by atoms with Crippen LogP contribution in [0.25, 0.3) is 10.2 Å². The van der Waals surface area contributed by atoms with E-state index in [0.717, 1.165) is 40.9 Å². The summed E-state index contributed by atoms with van der Waals surface area (Å²) < 4.78 is 0. The van der Waals surface area contributed by atoms with Crippen LogP contribution in [-0.4, -0.2) is 40.1 Å². The molecule has 8 heteroatoms. The third-order valence-corrected chi connectivity index (χ3v) is 6.87. The number of hydrogen-bond acceptors (Lipinski definition) is 6. The average molecular weight is 377 g/mol. The van der Waals surface area contributed by atoms with Crippen LogP contribution in [-0.2, 0) is 22.4 Å². The fourth-order valence-corrected chi connectivity index (χ4v) is 5.59. The van der Waals surface area contributed by atoms with E-state index in [2.05, 4.69) is 20.6 Å². The fourth-order valence-electron chi connectivity index (χ4n) is 3.46. The average Bonchev–Trinajstić information content (AvgIpc) is 3.13. The highest BCUT2D eigenvalue weighted by atomic mass is 32.2. The molecule has 0 spiro atoms. The van der Waals surface area contributed by atoms with Gasteiger partial charge in [-0.2, -0.15) is 0 Å². The maximum absolute atomic E-state index is 12.3. The summed E-state index contributed by atoms with van der Waals surface area (Å²) in [6, 6.07) is -0.411. The van der Waals surface area contributed by atoms with Gasteiger partial charge in [0.1, 0.15) is 22.2 Å². The largest absolute Gasteiger partial charge is 0.354 e. The first kappa shape index (κ1) is 16.8. The van der Waals surface area contributed by atoms with Gasteiger partial charge in [0.2, 0.25) is 11.8 Å². The molecule has 0 bridgehead atoms. The number of carbonyl (C=O) groups excluding carboxylic acids is 2. The van der Waals surface area contributed by atoms with Crippen LogP contribution in [0.5, 0.6) is 0 Å². The van der Waals surface area contributed by atoms with Crippen molar-refractivity contribution in [3.05, 3.63) is 16.8 Å². The highest BCUT2D eigenvalue weighted by Gasteiger charge is 2.24. The maximum atomic E-state index is 12.3. The predicted molar refractivity (Wildman–Crippen MR) is 99.0 cm³/mol. The number of nitrogens with one attached hydrogen (secondary N) is 2. The van der Waals surface area contributed by atoms with E-state index in [1.807, 2.05) is 0 Å². The number of thioether (sulfide) groups is 1. The Hall–Kier alpha value is -1.67. The molecule has 1 aliphatic carbocycles. The van der Waals surface area contributed by atoms with Gasteiger partial charge in [0.25, 0.3) is 0 Å². The van der Waals surface area contributed by atoms with Crippen molar-refractivity contribution in [1.82, 2.24) is 20.6 Å². The lowest BCUT2D eigenvalue weighted by Gasteiger charge is -2.15. The van der Waals surface area contributed by atoms with Gasteiger partial charge in [0.15, 0.2) is 0 Å². The molecule has 1 unspecified atom stereocenters. The second kappa shape index (κ2) is 7.29. The highest BCUT2D eigenvalue weighted by Crippen LogP contribution is 2.39. The summed E-state index contributed by atoms with van der Waals surface area (Å²) in [5, 5.41) is 7.71. The van der Waals surface area contributed by atoms with Crippen LogP contribution in [0.2, 0.25) is 0 Å². The van der Waals surface area contributed by atoms with Crippen molar-refractivity contribution < 1.29 is 9.59 Å². The quantitative estimate of drug-likeness (QED) is 0.630. The molecule has 1 saturated heterocycles. The van der Waals surface area contributed by atoms with Crippen LogP contribution >= 0.6 is 23.1 Å². The third kappa shape index (κ3) is 3.50. The molecule has 2 aromatic heterocycles. The van der Waals surface area contributed by atoms with E-state index < -0.39 is 6.04 Å². The molecule has 1 atom stereocenters. The number of hydrogen-bond donors (Lipinski definition) is 2. The Kier molecular flexibility index (Phi) is 4.89. The predicted octanol–water partition coefficient (Wildman–Crippen LogP) is 2.06. The first-order valence-corrected chi connectivity index (χ1v) is 10.5. The van der Waals surface area contributed by atoms with Crippen molar-refractivity contribution in [1.29, 1.82) is 0 Å². The molecule has 25 heavy (non-hydrogen) atoms. The first-order chi connectivity index (χ1) is 12.2. The second-order valence-electron chi connectivity index (χ2n) is 6.41. The summed E-state index contributed by atoms with van der Waals surface area (Å²) in [7, 11) is 0. The normalized spacial score (nSPS) is 20.2. The summed E-state index contributed by atoms with van der Waals surface area (Å²) in [5.74, 6) is 0.0715. The number of rotatable bonds is 4. The van der Waals surface area contributed by atoms with Gasteiger partial charge in [-0.1, -0.05) is 11.8 Å². The monoisotopic (exact) mass is 376 g/mol. The van der Waals surface area contributed by atoms with Gasteiger partial charge < -0.3 is 10.6 Å². The molecule has 132 valence electrons. The van der Waals surface area contributed by atoms with Crippen molar-refractivity contribution in [2.75, 3.05) is 12.3 Å². The lowest BCUT2D eigenvalue weighted by molar-refractivity contribution is -0.127. The van der Waals surface area contributed by atoms with Crippen LogP contribution in [0.4, 0.5) is 0 Å². The van der Waals surface area contributed by atoms with Crippen LogP contribution in [0.15, 0.2) is 11.4 Å². The van der Waals surface area contributed by atoms with Gasteiger partial charge in [0, 0.05) is 16.8 Å². The molecule has 2 amide bonds. The summed E-state index contributed by atoms with van der Waals surface area (Å²) >= 11 is 3.18. The van der Waals surface area contributed by atoms with E-state index in [4.69, 9.17) is 0 Å². The van der Waals surface area contributed by atoms with Crippen LogP contribution < -0.4 is 10.6 Å². The number of aromatic nitrogens is 2. The van der Waals surface area contributed by atoms with Crippen LogP contribution in [0.3, 0.4) is 0 Å². The van der Waals surface area contributed by atoms with Crippen molar-refractivity contribution in [3.8, 4) is 0 Å². The summed E-state index contributed by atoms with van der Waals surface area (Å²) in [6.45, 7) is 0.697. The Balaban J connectivity index is 1.44. The van der Waals surface area contributed by atoms with Gasteiger partial charge in [-0.05, 0) is 44.1 Å². The zero-order valence-electron chi connectivity index (χ0n) is 13.8. The minimum atomic E-state index is -0.411. The van der Waals surface area contributed by atoms with Crippen molar-refractivity contribution in [2.45, 2.75) is 49.6 Å². The van der Waals surface area contributed by atoms with Gasteiger partial charge in [-0.3, -0.25) is 9.59 Å². The van der Waals surface area contributed by atoms with Crippen molar-refractivity contribution in [3.63, 3.8) is 0 Å². The van der Waals surface area contributed by atoms with E-state index in [-0.39, 0.29) is 17.6 Å². The Morgan fingerprint density at radius 1 is 1.32 bits per heavy atom. The van der Waals surface area contributed by atoms with E-state index in [0.29, 0.717) is 13.0 Å². The summed E-state index contributed by atoms with van der Waals surface area (Å²) in [5.41, 5.74) is 1.37. The van der Waals surface area contributed by atoms with E-state index in [1.165, 1.54) is 28.6 Å². The standard InChI is InChI=1S/C17H20N4O2S2/c22-13(21-11-5-1-2-7-18-15(11)23)8-24-16-14-10-4-3-6-12(10)25-17(14)20-9-19-16/h9,11H,1-8H2,(H,18,23)(H,21,22). The molecule has 1 aliphatic heterocycles. The minimum absolute atomic E-state index is 0.0732. The smallest absolute Gasteiger partial charge is 0.242 e. The third-order valence-electron chi connectivity index (χ3n) is 4.68. The van der Waals surface area contributed by atoms with E-state index in [9.17, 15) is 9.59 Å². The second-order valence-corrected chi connectivity index (χ2v) is 8.46. The topological polar surface area (TPSA) is 84.0 Å². The van der Waals surface area contributed by atoms with Gasteiger partial charge >= 0.3 is 0 Å². The number of amides is 2. The van der Waals surface area contributed by atoms with Gasteiger partial charge in [-0.25, -0.2) is 9.97 Å². The lowest BCUT2D eigenvalue weighted by Crippen LogP contribution is -2.46. The number of nitrogens with zero attached hydrogens (tertiary/aromatic N) is 2. The molecular formula is C17H20N4O2S2. The van der Waals surface area contributed by atoms with Crippen molar-refractivity contribution in [2.24, 2.45) is 0 Å². The molecular weight excluding hydrogens is 356 g/mol. The SMILES string of the molecule is O=C(CSc1ncnc2sc3c(c12)CCC3)NC1CCCCNC1=O. The number of fused-ring (bicyclic) bond motifs is 3. The van der Waals surface area contributed by atoms with Crippen LogP contribution in [0, 0.1) is 0 Å². The molecule has 0 saturated carbocycles. The van der Waals surface area contributed by atoms with Crippen molar-refractivity contribution >= 4 is 45.1 Å². The highest BCUT2D eigenvalue weighted by molar-refractivity contribution is 8.00. The Labute approximate surface area is 154 Å². The molecule has 6 nitrogen and oxygen atoms in total. The Morgan fingerprint density at radius 2 is 2.24 bits per heavy atom. The molecule has 0 aromatic carbocycles. The first-order valence-electron chi connectivity index (χ1n) is 8.67. The fraction of sp³-hybridized carbons (Fsp3) is 0.529.